The molecule has 0 aliphatic rings. The number of rotatable bonds is 7. The van der Waals surface area contributed by atoms with Crippen LogP contribution in [0.1, 0.15) is 25.5 Å². The maximum absolute atomic E-state index is 9.10. The summed E-state index contributed by atoms with van der Waals surface area (Å²) in [5, 5.41) is 9.10. The second-order valence-electron chi connectivity index (χ2n) is 4.41. The van der Waals surface area contributed by atoms with Gasteiger partial charge in [0.2, 0.25) is 0 Å². The second kappa shape index (κ2) is 6.47. The molecule has 0 saturated heterocycles. The van der Waals surface area contributed by atoms with Crippen LogP contribution >= 0.6 is 0 Å². The molecule has 2 heterocycles. The highest BCUT2D eigenvalue weighted by molar-refractivity contribution is 5.36. The second-order valence-corrected chi connectivity index (χ2v) is 4.41. The first-order valence-corrected chi connectivity index (χ1v) is 6.44. The van der Waals surface area contributed by atoms with Crippen molar-refractivity contribution in [3.8, 4) is 0 Å². The average Bonchev–Trinajstić information content (AvgIpc) is 2.80. The lowest BCUT2D eigenvalue weighted by Crippen LogP contribution is -2.28. The fraction of sp³-hybridized carbons (Fsp3) is 0.538. The zero-order valence-corrected chi connectivity index (χ0v) is 10.8. The van der Waals surface area contributed by atoms with Gasteiger partial charge >= 0.3 is 0 Å². The molecule has 5 nitrogen and oxygen atoms in total. The monoisotopic (exact) mass is 248 g/mol. The Kier molecular flexibility index (Phi) is 4.66. The molecule has 2 aromatic rings. The summed E-state index contributed by atoms with van der Waals surface area (Å²) in [7, 11) is 0. The minimum absolute atomic E-state index is 0.196. The Morgan fingerprint density at radius 2 is 2.22 bits per heavy atom. The molecule has 18 heavy (non-hydrogen) atoms. The third-order valence-electron chi connectivity index (χ3n) is 3.02. The average molecular weight is 248 g/mol. The normalized spacial score (nSPS) is 11.5. The van der Waals surface area contributed by atoms with Crippen LogP contribution in [0.2, 0.25) is 0 Å². The van der Waals surface area contributed by atoms with Crippen molar-refractivity contribution in [2.24, 2.45) is 0 Å². The van der Waals surface area contributed by atoms with Crippen LogP contribution in [0.15, 0.2) is 24.8 Å². The Labute approximate surface area is 107 Å². The smallest absolute Gasteiger partial charge is 0.155 e. The molecule has 2 aromatic heterocycles. The van der Waals surface area contributed by atoms with Crippen LogP contribution in [0.5, 0.6) is 0 Å². The van der Waals surface area contributed by atoms with Crippen LogP contribution in [0.4, 0.5) is 0 Å². The third kappa shape index (κ3) is 3.05. The molecule has 0 spiro atoms. The zero-order valence-electron chi connectivity index (χ0n) is 10.8. The Morgan fingerprint density at radius 1 is 1.33 bits per heavy atom. The van der Waals surface area contributed by atoms with E-state index in [-0.39, 0.29) is 6.61 Å². The molecule has 0 atom stereocenters. The fourth-order valence-electron chi connectivity index (χ4n) is 2.03. The molecule has 0 aromatic carbocycles. The lowest BCUT2D eigenvalue weighted by molar-refractivity contribution is 0.186. The predicted molar refractivity (Wildman–Crippen MR) is 70.3 cm³/mol. The van der Waals surface area contributed by atoms with E-state index < -0.39 is 0 Å². The Bertz CT molecular complexity index is 483. The largest absolute Gasteiger partial charge is 0.395 e. The van der Waals surface area contributed by atoms with E-state index in [1.54, 1.807) is 12.4 Å². The first-order valence-electron chi connectivity index (χ1n) is 6.44. The molecule has 0 fully saturated rings. The Hall–Kier alpha value is -1.46. The predicted octanol–water partition coefficient (Wildman–Crippen LogP) is 1.32. The van der Waals surface area contributed by atoms with Crippen LogP contribution in [-0.2, 0) is 6.54 Å². The number of hydrogen-bond donors (Lipinski definition) is 1. The molecule has 2 rings (SSSR count). The van der Waals surface area contributed by atoms with Gasteiger partial charge in [-0.25, -0.2) is 4.98 Å². The molecule has 0 aliphatic carbocycles. The maximum Gasteiger partial charge on any atom is 0.155 e. The summed E-state index contributed by atoms with van der Waals surface area (Å²) < 4.78 is 2.04. The van der Waals surface area contributed by atoms with Crippen LogP contribution < -0.4 is 0 Å². The molecule has 5 heteroatoms. The van der Waals surface area contributed by atoms with Crippen LogP contribution in [0.3, 0.4) is 0 Å². The van der Waals surface area contributed by atoms with E-state index in [0.717, 1.165) is 30.9 Å². The Morgan fingerprint density at radius 3 is 3.00 bits per heavy atom. The van der Waals surface area contributed by atoms with Crippen LogP contribution in [-0.4, -0.2) is 44.1 Å². The number of fused-ring (bicyclic) bond motifs is 1. The molecule has 0 amide bonds. The van der Waals surface area contributed by atoms with E-state index in [1.165, 1.54) is 6.42 Å². The number of nitrogens with zero attached hydrogens (tertiary/aromatic N) is 4. The molecule has 0 unspecified atom stereocenters. The number of aliphatic hydroxyl groups is 1. The summed E-state index contributed by atoms with van der Waals surface area (Å²) in [6.07, 6.45) is 9.64. The summed E-state index contributed by atoms with van der Waals surface area (Å²) in [5.41, 5.74) is 2.00. The summed E-state index contributed by atoms with van der Waals surface area (Å²) in [4.78, 5) is 10.6. The van der Waals surface area contributed by atoms with Gasteiger partial charge in [0.05, 0.1) is 24.7 Å². The third-order valence-corrected chi connectivity index (χ3v) is 3.02. The molecule has 98 valence electrons. The van der Waals surface area contributed by atoms with E-state index in [2.05, 4.69) is 21.8 Å². The highest BCUT2D eigenvalue weighted by Gasteiger charge is 2.08. The van der Waals surface area contributed by atoms with E-state index in [4.69, 9.17) is 5.11 Å². The molecule has 0 radical (unpaired) electrons. The zero-order chi connectivity index (χ0) is 12.8. The molecular formula is C13H20N4O. The van der Waals surface area contributed by atoms with Gasteiger partial charge in [0.15, 0.2) is 5.65 Å². The van der Waals surface area contributed by atoms with Crippen LogP contribution in [0.25, 0.3) is 5.65 Å². The van der Waals surface area contributed by atoms with Gasteiger partial charge in [-0.1, -0.05) is 13.3 Å². The van der Waals surface area contributed by atoms with Gasteiger partial charge in [-0.2, -0.15) is 0 Å². The fourth-order valence-corrected chi connectivity index (χ4v) is 2.03. The van der Waals surface area contributed by atoms with E-state index >= 15 is 0 Å². The first kappa shape index (κ1) is 13.0. The maximum atomic E-state index is 9.10. The number of imidazole rings is 1. The van der Waals surface area contributed by atoms with Gasteiger partial charge < -0.3 is 5.11 Å². The van der Waals surface area contributed by atoms with Crippen molar-refractivity contribution in [2.45, 2.75) is 26.3 Å². The van der Waals surface area contributed by atoms with E-state index in [0.29, 0.717) is 6.54 Å². The summed E-state index contributed by atoms with van der Waals surface area (Å²) in [6, 6.07) is 0. The first-order chi connectivity index (χ1) is 8.85. The van der Waals surface area contributed by atoms with E-state index in [1.807, 2.05) is 16.8 Å². The van der Waals surface area contributed by atoms with Gasteiger partial charge in [-0.3, -0.25) is 14.3 Å². The standard InChI is InChI=1S/C13H20N4O/c1-2-3-5-16(7-8-18)11-12-9-15-13-10-14-4-6-17(12)13/h4,6,9-10,18H,2-3,5,7-8,11H2,1H3. The summed E-state index contributed by atoms with van der Waals surface area (Å²) in [6.45, 7) is 4.90. The van der Waals surface area contributed by atoms with Crippen molar-refractivity contribution < 1.29 is 5.11 Å². The molecule has 0 bridgehead atoms. The van der Waals surface area contributed by atoms with E-state index in [9.17, 15) is 0 Å². The lowest BCUT2D eigenvalue weighted by atomic mass is 10.3. The van der Waals surface area contributed by atoms with Crippen molar-refractivity contribution in [1.29, 1.82) is 0 Å². The quantitative estimate of drug-likeness (QED) is 0.803. The molecule has 0 aliphatic heterocycles. The number of aliphatic hydroxyl groups excluding tert-OH is 1. The van der Waals surface area contributed by atoms with Gasteiger partial charge in [0.25, 0.3) is 0 Å². The number of aromatic nitrogens is 3. The van der Waals surface area contributed by atoms with Crippen molar-refractivity contribution >= 4 is 5.65 Å². The Balaban J connectivity index is 2.10. The molecular weight excluding hydrogens is 228 g/mol. The number of hydrogen-bond acceptors (Lipinski definition) is 4. The van der Waals surface area contributed by atoms with Gasteiger partial charge in [0.1, 0.15) is 0 Å². The van der Waals surface area contributed by atoms with Crippen molar-refractivity contribution in [2.75, 3.05) is 19.7 Å². The van der Waals surface area contributed by atoms with Gasteiger partial charge in [-0.05, 0) is 13.0 Å². The minimum Gasteiger partial charge on any atom is -0.395 e. The van der Waals surface area contributed by atoms with Crippen molar-refractivity contribution in [3.05, 3.63) is 30.5 Å². The lowest BCUT2D eigenvalue weighted by Gasteiger charge is -2.20. The van der Waals surface area contributed by atoms with Crippen molar-refractivity contribution in [3.63, 3.8) is 0 Å². The number of unbranched alkanes of at least 4 members (excludes halogenated alkanes) is 1. The molecule has 0 saturated carbocycles. The highest BCUT2D eigenvalue weighted by atomic mass is 16.3. The minimum atomic E-state index is 0.196. The SMILES string of the molecule is CCCCN(CCO)Cc1cnc2cnccn12. The summed E-state index contributed by atoms with van der Waals surface area (Å²) in [5.74, 6) is 0. The molecule has 1 N–H and O–H groups in total. The van der Waals surface area contributed by atoms with Gasteiger partial charge in [0, 0.05) is 25.5 Å². The van der Waals surface area contributed by atoms with Crippen LogP contribution in [0, 0.1) is 0 Å². The highest BCUT2D eigenvalue weighted by Crippen LogP contribution is 2.08. The van der Waals surface area contributed by atoms with Gasteiger partial charge in [-0.15, -0.1) is 0 Å². The summed E-state index contributed by atoms with van der Waals surface area (Å²) >= 11 is 0. The van der Waals surface area contributed by atoms with Crippen molar-refractivity contribution in [1.82, 2.24) is 19.3 Å². The topological polar surface area (TPSA) is 53.7 Å².